The fourth-order valence-corrected chi connectivity index (χ4v) is 3.63. The van der Waals surface area contributed by atoms with Crippen LogP contribution in [0.2, 0.25) is 0 Å². The van der Waals surface area contributed by atoms with E-state index in [1.54, 1.807) is 20.8 Å². The fraction of sp³-hybridized carbons (Fsp3) is 0.909. The summed E-state index contributed by atoms with van der Waals surface area (Å²) < 4.78 is 31.7. The van der Waals surface area contributed by atoms with Crippen molar-refractivity contribution in [2.24, 2.45) is 5.41 Å². The summed E-state index contributed by atoms with van der Waals surface area (Å²) in [5.74, 6) is -1.15. The highest BCUT2D eigenvalue weighted by atomic mass is 32.2. The highest BCUT2D eigenvalue weighted by molar-refractivity contribution is 7.90. The first-order valence-corrected chi connectivity index (χ1v) is 7.51. The number of hydrogen-bond acceptors (Lipinski definition) is 4. The Bertz CT molecular complexity index is 392. The molecule has 0 aromatic heterocycles. The van der Waals surface area contributed by atoms with Gasteiger partial charge in [0, 0.05) is 13.2 Å². The van der Waals surface area contributed by atoms with Crippen molar-refractivity contribution in [3.05, 3.63) is 0 Å². The second-order valence-electron chi connectivity index (χ2n) is 5.61. The molecule has 1 heterocycles. The second-order valence-corrected chi connectivity index (χ2v) is 7.60. The van der Waals surface area contributed by atoms with Gasteiger partial charge >= 0.3 is 5.97 Å². The molecule has 0 bridgehead atoms. The minimum absolute atomic E-state index is 0.402. The summed E-state index contributed by atoms with van der Waals surface area (Å²) in [6.07, 6.45) is 0.817. The van der Waals surface area contributed by atoms with Crippen LogP contribution in [-0.2, 0) is 19.6 Å². The van der Waals surface area contributed by atoms with Crippen LogP contribution < -0.4 is 4.72 Å². The van der Waals surface area contributed by atoms with E-state index in [0.717, 1.165) is 0 Å². The molecule has 0 aromatic rings. The van der Waals surface area contributed by atoms with Crippen LogP contribution in [0.25, 0.3) is 0 Å². The Morgan fingerprint density at radius 3 is 2.22 bits per heavy atom. The van der Waals surface area contributed by atoms with Crippen molar-refractivity contribution in [2.45, 2.75) is 44.9 Å². The first-order valence-electron chi connectivity index (χ1n) is 5.96. The van der Waals surface area contributed by atoms with Crippen molar-refractivity contribution >= 4 is 16.0 Å². The van der Waals surface area contributed by atoms with E-state index in [2.05, 4.69) is 4.72 Å². The average Bonchev–Trinajstić information content (AvgIpc) is 2.25. The van der Waals surface area contributed by atoms with E-state index < -0.39 is 32.7 Å². The Morgan fingerprint density at radius 1 is 1.33 bits per heavy atom. The van der Waals surface area contributed by atoms with Crippen LogP contribution in [0.4, 0.5) is 0 Å². The zero-order valence-corrected chi connectivity index (χ0v) is 11.8. The molecule has 0 aromatic carbocycles. The van der Waals surface area contributed by atoms with Gasteiger partial charge < -0.3 is 9.84 Å². The van der Waals surface area contributed by atoms with Crippen molar-refractivity contribution in [2.75, 3.05) is 13.2 Å². The molecule has 0 radical (unpaired) electrons. The third-order valence-electron chi connectivity index (χ3n) is 3.00. The molecule has 0 unspecified atom stereocenters. The molecule has 0 spiro atoms. The van der Waals surface area contributed by atoms with E-state index >= 15 is 0 Å². The molecule has 7 heteroatoms. The van der Waals surface area contributed by atoms with Crippen molar-refractivity contribution in [3.8, 4) is 0 Å². The van der Waals surface area contributed by atoms with Crippen molar-refractivity contribution in [3.63, 3.8) is 0 Å². The number of aliphatic carboxylic acids is 1. The van der Waals surface area contributed by atoms with Gasteiger partial charge in [0.25, 0.3) is 0 Å². The van der Waals surface area contributed by atoms with Crippen LogP contribution >= 0.6 is 0 Å². The van der Waals surface area contributed by atoms with Crippen LogP contribution in [0.3, 0.4) is 0 Å². The molecule has 6 nitrogen and oxygen atoms in total. The molecule has 1 aliphatic rings. The number of nitrogens with one attached hydrogen (secondary N) is 1. The average molecular weight is 279 g/mol. The number of carboxylic acid groups (broad SMARTS) is 1. The summed E-state index contributed by atoms with van der Waals surface area (Å²) in [6.45, 7) is 5.88. The molecule has 1 atom stereocenters. The predicted molar refractivity (Wildman–Crippen MR) is 66.8 cm³/mol. The number of hydrogen-bond donors (Lipinski definition) is 2. The first-order chi connectivity index (χ1) is 8.14. The highest BCUT2D eigenvalue weighted by Crippen LogP contribution is 2.22. The number of carbonyl (C=O) groups is 1. The number of sulfonamides is 1. The Labute approximate surface area is 108 Å². The summed E-state index contributed by atoms with van der Waals surface area (Å²) in [5, 5.41) is 8.56. The highest BCUT2D eigenvalue weighted by Gasteiger charge is 2.38. The third-order valence-corrected chi connectivity index (χ3v) is 4.92. The number of ether oxygens (including phenoxy) is 1. The van der Waals surface area contributed by atoms with E-state index in [0.29, 0.717) is 26.1 Å². The molecule has 1 aliphatic heterocycles. The van der Waals surface area contributed by atoms with Gasteiger partial charge in [0.2, 0.25) is 10.0 Å². The van der Waals surface area contributed by atoms with Gasteiger partial charge in [0.05, 0.1) is 5.25 Å². The Balaban J connectivity index is 2.82. The van der Waals surface area contributed by atoms with Crippen LogP contribution in [0.1, 0.15) is 33.6 Å². The standard InChI is InChI=1S/C11H21NO5S/c1-11(2,3)9(10(13)14)12-18(15,16)8-4-6-17-7-5-8/h8-9,12H,4-7H2,1-3H3,(H,13,14)/t9-/m0/s1. The van der Waals surface area contributed by atoms with E-state index in [-0.39, 0.29) is 0 Å². The summed E-state index contributed by atoms with van der Waals surface area (Å²) in [7, 11) is -3.62. The normalized spacial score (nSPS) is 20.6. The maximum atomic E-state index is 12.1. The predicted octanol–water partition coefficient (Wildman–Crippen LogP) is 0.584. The largest absolute Gasteiger partial charge is 0.480 e. The lowest BCUT2D eigenvalue weighted by atomic mass is 9.88. The molecule has 1 rings (SSSR count). The molecule has 106 valence electrons. The van der Waals surface area contributed by atoms with Gasteiger partial charge in [-0.25, -0.2) is 13.1 Å². The third kappa shape index (κ3) is 3.93. The van der Waals surface area contributed by atoms with Gasteiger partial charge in [-0.05, 0) is 18.3 Å². The molecule has 2 N–H and O–H groups in total. The zero-order chi connectivity index (χ0) is 14.0. The molecule has 1 saturated heterocycles. The topological polar surface area (TPSA) is 92.7 Å². The van der Waals surface area contributed by atoms with E-state index in [4.69, 9.17) is 9.84 Å². The lowest BCUT2D eigenvalue weighted by Crippen LogP contribution is -2.52. The van der Waals surface area contributed by atoms with E-state index in [9.17, 15) is 13.2 Å². The summed E-state index contributed by atoms with van der Waals surface area (Å²) >= 11 is 0. The zero-order valence-electron chi connectivity index (χ0n) is 11.0. The van der Waals surface area contributed by atoms with Gasteiger partial charge in [-0.15, -0.1) is 0 Å². The smallest absolute Gasteiger partial charge is 0.322 e. The molecule has 18 heavy (non-hydrogen) atoms. The molecule has 0 amide bonds. The SMILES string of the molecule is CC(C)(C)[C@@H](NS(=O)(=O)C1CCOCC1)C(=O)O. The summed E-state index contributed by atoms with van der Waals surface area (Å²) in [6, 6.07) is -1.12. The molecule has 0 aliphatic carbocycles. The lowest BCUT2D eigenvalue weighted by Gasteiger charge is -2.30. The van der Waals surface area contributed by atoms with Gasteiger partial charge in [0.15, 0.2) is 0 Å². The molecular formula is C11H21NO5S. The summed E-state index contributed by atoms with van der Waals surface area (Å²) in [5.41, 5.74) is -0.677. The quantitative estimate of drug-likeness (QED) is 0.785. The van der Waals surface area contributed by atoms with Crippen LogP contribution in [0, 0.1) is 5.41 Å². The Kier molecular flexibility index (Phi) is 4.74. The number of carboxylic acids is 1. The van der Waals surface area contributed by atoms with Gasteiger partial charge in [-0.2, -0.15) is 0 Å². The Hall–Kier alpha value is -0.660. The second kappa shape index (κ2) is 5.54. The molecule has 0 saturated carbocycles. The minimum atomic E-state index is -3.62. The summed E-state index contributed by atoms with van der Waals surface area (Å²) in [4.78, 5) is 11.2. The van der Waals surface area contributed by atoms with Crippen LogP contribution in [0.15, 0.2) is 0 Å². The molecular weight excluding hydrogens is 258 g/mol. The number of rotatable bonds is 4. The van der Waals surface area contributed by atoms with Crippen molar-refractivity contribution in [1.29, 1.82) is 0 Å². The first kappa shape index (κ1) is 15.4. The van der Waals surface area contributed by atoms with Crippen LogP contribution in [0.5, 0.6) is 0 Å². The Morgan fingerprint density at radius 2 is 1.83 bits per heavy atom. The monoisotopic (exact) mass is 279 g/mol. The van der Waals surface area contributed by atoms with E-state index in [1.165, 1.54) is 0 Å². The maximum Gasteiger partial charge on any atom is 0.322 e. The van der Waals surface area contributed by atoms with Gasteiger partial charge in [0.1, 0.15) is 6.04 Å². The van der Waals surface area contributed by atoms with Gasteiger partial charge in [-0.1, -0.05) is 20.8 Å². The van der Waals surface area contributed by atoms with Crippen molar-refractivity contribution in [1.82, 2.24) is 4.72 Å². The van der Waals surface area contributed by atoms with Crippen LogP contribution in [-0.4, -0.2) is 44.0 Å². The van der Waals surface area contributed by atoms with Gasteiger partial charge in [-0.3, -0.25) is 4.79 Å². The van der Waals surface area contributed by atoms with E-state index in [1.807, 2.05) is 0 Å². The molecule has 1 fully saturated rings. The minimum Gasteiger partial charge on any atom is -0.480 e. The lowest BCUT2D eigenvalue weighted by molar-refractivity contribution is -0.141. The maximum absolute atomic E-state index is 12.1. The van der Waals surface area contributed by atoms with Crippen molar-refractivity contribution < 1.29 is 23.1 Å². The fourth-order valence-electron chi connectivity index (χ4n) is 1.84.